The van der Waals surface area contributed by atoms with E-state index in [-0.39, 0.29) is 16.9 Å². The van der Waals surface area contributed by atoms with Gasteiger partial charge in [0.05, 0.1) is 11.3 Å². The second-order valence-corrected chi connectivity index (χ2v) is 9.73. The van der Waals surface area contributed by atoms with E-state index in [1.165, 1.54) is 63.4 Å². The Kier molecular flexibility index (Phi) is 15.2. The van der Waals surface area contributed by atoms with Crippen molar-refractivity contribution < 1.29 is 9.59 Å². The van der Waals surface area contributed by atoms with Crippen molar-refractivity contribution in [2.24, 2.45) is 0 Å². The lowest BCUT2D eigenvalue weighted by Gasteiger charge is -2.13. The maximum Gasteiger partial charge on any atom is 0.253 e. The van der Waals surface area contributed by atoms with Crippen LogP contribution in [0.2, 0.25) is 0 Å². The molecule has 0 saturated heterocycles. The van der Waals surface area contributed by atoms with Crippen LogP contribution in [0.25, 0.3) is 0 Å². The van der Waals surface area contributed by atoms with Crippen LogP contribution in [0, 0.1) is 0 Å². The van der Waals surface area contributed by atoms with Crippen molar-refractivity contribution in [2.75, 3.05) is 11.9 Å². The minimum absolute atomic E-state index is 0.0896. The largest absolute Gasteiger partial charge is 0.352 e. The molecular formula is C30H43N3O2S. The van der Waals surface area contributed by atoms with Gasteiger partial charge in [0.2, 0.25) is 5.91 Å². The van der Waals surface area contributed by atoms with E-state index in [0.29, 0.717) is 24.2 Å². The molecule has 0 saturated carbocycles. The van der Waals surface area contributed by atoms with Gasteiger partial charge in [-0.05, 0) is 42.8 Å². The van der Waals surface area contributed by atoms with Gasteiger partial charge in [-0.25, -0.2) is 0 Å². The molecule has 36 heavy (non-hydrogen) atoms. The van der Waals surface area contributed by atoms with Crippen molar-refractivity contribution in [3.63, 3.8) is 0 Å². The summed E-state index contributed by atoms with van der Waals surface area (Å²) in [5.74, 6) is -0.266. The normalized spacial score (nSPS) is 10.6. The number of para-hydroxylation sites is 1. The lowest BCUT2D eigenvalue weighted by Crippen LogP contribution is -2.35. The second kappa shape index (κ2) is 18.5. The molecule has 2 aromatic rings. The molecule has 0 aliphatic heterocycles. The second-order valence-electron chi connectivity index (χ2n) is 9.32. The Labute approximate surface area is 222 Å². The first-order valence-electron chi connectivity index (χ1n) is 13.6. The molecule has 2 aromatic carbocycles. The van der Waals surface area contributed by atoms with E-state index < -0.39 is 0 Å². The summed E-state index contributed by atoms with van der Waals surface area (Å²) in [4.78, 5) is 25.0. The van der Waals surface area contributed by atoms with Crippen molar-refractivity contribution in [1.82, 2.24) is 10.6 Å². The van der Waals surface area contributed by atoms with E-state index in [0.717, 1.165) is 19.3 Å². The van der Waals surface area contributed by atoms with Gasteiger partial charge in [0.25, 0.3) is 5.91 Å². The number of nitrogens with one attached hydrogen (secondary N) is 3. The number of unbranched alkanes of at least 4 members (excludes halogenated alkanes) is 10. The first-order chi connectivity index (χ1) is 17.6. The van der Waals surface area contributed by atoms with Gasteiger partial charge >= 0.3 is 0 Å². The van der Waals surface area contributed by atoms with Crippen LogP contribution in [0.1, 0.15) is 99.9 Å². The minimum Gasteiger partial charge on any atom is -0.352 e. The summed E-state index contributed by atoms with van der Waals surface area (Å²) >= 11 is 5.32. The molecule has 6 heteroatoms. The third kappa shape index (κ3) is 12.8. The van der Waals surface area contributed by atoms with Crippen molar-refractivity contribution in [3.8, 4) is 0 Å². The van der Waals surface area contributed by atoms with Crippen LogP contribution in [0.3, 0.4) is 0 Å². The topological polar surface area (TPSA) is 70.2 Å². The third-order valence-electron chi connectivity index (χ3n) is 6.22. The number of anilines is 1. The summed E-state index contributed by atoms with van der Waals surface area (Å²) in [6.45, 7) is 2.79. The fourth-order valence-electron chi connectivity index (χ4n) is 4.14. The fourth-order valence-corrected chi connectivity index (χ4v) is 4.37. The molecule has 2 amide bonds. The minimum atomic E-state index is -0.177. The summed E-state index contributed by atoms with van der Waals surface area (Å²) in [6.07, 6.45) is 15.0. The Morgan fingerprint density at radius 3 is 2.00 bits per heavy atom. The highest BCUT2D eigenvalue weighted by Crippen LogP contribution is 2.15. The Bertz CT molecular complexity index is 917. The van der Waals surface area contributed by atoms with E-state index in [1.807, 2.05) is 42.5 Å². The van der Waals surface area contributed by atoms with E-state index in [1.54, 1.807) is 12.1 Å². The third-order valence-corrected chi connectivity index (χ3v) is 6.43. The predicted octanol–water partition coefficient (Wildman–Crippen LogP) is 7.17. The number of rotatable bonds is 17. The number of thiocarbonyl (C=S) groups is 1. The van der Waals surface area contributed by atoms with Crippen LogP contribution in [0.5, 0.6) is 0 Å². The van der Waals surface area contributed by atoms with Crippen LogP contribution in [0.4, 0.5) is 5.69 Å². The summed E-state index contributed by atoms with van der Waals surface area (Å²) in [5, 5.41) is 8.93. The standard InChI is InChI=1S/C30H43N3O2S/c1-2-3-4-5-6-7-8-9-10-11-15-22-28(34)33-30(36)32-27-21-17-16-20-26(27)29(35)31-24-23-25-18-13-12-14-19-25/h12-14,16-21H,2-11,15,22-24H2,1H3,(H,31,35)(H2,32,33,34,36). The van der Waals surface area contributed by atoms with Crippen molar-refractivity contribution in [3.05, 3.63) is 65.7 Å². The van der Waals surface area contributed by atoms with E-state index in [2.05, 4.69) is 22.9 Å². The number of carbonyl (C=O) groups is 2. The maximum atomic E-state index is 12.7. The Morgan fingerprint density at radius 2 is 1.33 bits per heavy atom. The van der Waals surface area contributed by atoms with Crippen molar-refractivity contribution in [2.45, 2.75) is 90.4 Å². The first-order valence-corrected chi connectivity index (χ1v) is 14.0. The Hall–Kier alpha value is -2.73. The molecule has 0 fully saturated rings. The number of hydrogen-bond acceptors (Lipinski definition) is 3. The summed E-state index contributed by atoms with van der Waals surface area (Å²) in [5.41, 5.74) is 2.24. The molecule has 0 aliphatic carbocycles. The predicted molar refractivity (Wildman–Crippen MR) is 154 cm³/mol. The van der Waals surface area contributed by atoms with E-state index >= 15 is 0 Å². The molecule has 0 bridgehead atoms. The van der Waals surface area contributed by atoms with Crippen LogP contribution in [-0.4, -0.2) is 23.5 Å². The monoisotopic (exact) mass is 509 g/mol. The smallest absolute Gasteiger partial charge is 0.253 e. The SMILES string of the molecule is CCCCCCCCCCCCCC(=O)NC(=S)Nc1ccccc1C(=O)NCCc1ccccc1. The molecule has 5 nitrogen and oxygen atoms in total. The average molecular weight is 510 g/mol. The van der Waals surface area contributed by atoms with Gasteiger partial charge < -0.3 is 16.0 Å². The fraction of sp³-hybridized carbons (Fsp3) is 0.500. The maximum absolute atomic E-state index is 12.7. The van der Waals surface area contributed by atoms with Crippen molar-refractivity contribution in [1.29, 1.82) is 0 Å². The Morgan fingerprint density at radius 1 is 0.750 bits per heavy atom. The molecule has 2 rings (SSSR count). The molecule has 0 aromatic heterocycles. The van der Waals surface area contributed by atoms with Gasteiger partial charge in [-0.3, -0.25) is 9.59 Å². The lowest BCUT2D eigenvalue weighted by molar-refractivity contribution is -0.119. The average Bonchev–Trinajstić information content (AvgIpc) is 2.88. The number of amides is 2. The quantitative estimate of drug-likeness (QED) is 0.156. The van der Waals surface area contributed by atoms with Crippen LogP contribution >= 0.6 is 12.2 Å². The van der Waals surface area contributed by atoms with E-state index in [4.69, 9.17) is 12.2 Å². The Balaban J connectivity index is 1.62. The highest BCUT2D eigenvalue weighted by molar-refractivity contribution is 7.80. The number of benzene rings is 2. The van der Waals surface area contributed by atoms with Crippen LogP contribution < -0.4 is 16.0 Å². The molecule has 0 spiro atoms. The van der Waals surface area contributed by atoms with Gasteiger partial charge in [0.15, 0.2) is 5.11 Å². The molecule has 0 unspecified atom stereocenters. The number of hydrogen-bond donors (Lipinski definition) is 3. The zero-order valence-electron chi connectivity index (χ0n) is 21.8. The molecule has 0 atom stereocenters. The molecule has 3 N–H and O–H groups in total. The summed E-state index contributed by atoms with van der Waals surface area (Å²) in [7, 11) is 0. The molecule has 0 aliphatic rings. The molecule has 0 radical (unpaired) electrons. The first kappa shape index (κ1) is 29.5. The molecule has 196 valence electrons. The highest BCUT2D eigenvalue weighted by atomic mass is 32.1. The summed E-state index contributed by atoms with van der Waals surface area (Å²) in [6, 6.07) is 17.2. The molecule has 0 heterocycles. The number of carbonyl (C=O) groups excluding carboxylic acids is 2. The lowest BCUT2D eigenvalue weighted by atomic mass is 10.1. The van der Waals surface area contributed by atoms with Gasteiger partial charge in [-0.15, -0.1) is 0 Å². The van der Waals surface area contributed by atoms with Gasteiger partial charge in [-0.2, -0.15) is 0 Å². The molecular weight excluding hydrogens is 466 g/mol. The van der Waals surface area contributed by atoms with Crippen molar-refractivity contribution >= 4 is 34.8 Å². The van der Waals surface area contributed by atoms with Crippen LogP contribution in [0.15, 0.2) is 54.6 Å². The van der Waals surface area contributed by atoms with E-state index in [9.17, 15) is 9.59 Å². The van der Waals surface area contributed by atoms with Gasteiger partial charge in [0.1, 0.15) is 0 Å². The van der Waals surface area contributed by atoms with Gasteiger partial charge in [0, 0.05) is 13.0 Å². The highest BCUT2D eigenvalue weighted by Gasteiger charge is 2.12. The van der Waals surface area contributed by atoms with Gasteiger partial charge in [-0.1, -0.05) is 114 Å². The summed E-state index contributed by atoms with van der Waals surface area (Å²) < 4.78 is 0. The van der Waals surface area contributed by atoms with Crippen LogP contribution in [-0.2, 0) is 11.2 Å². The zero-order chi connectivity index (χ0) is 25.8. The zero-order valence-corrected chi connectivity index (χ0v) is 22.6.